The first-order chi connectivity index (χ1) is 11.8. The van der Waals surface area contributed by atoms with Crippen LogP contribution in [0.5, 0.6) is 0 Å². The molecule has 10 nitrogen and oxygen atoms in total. The highest BCUT2D eigenvalue weighted by atomic mass is 16.4. The van der Waals surface area contributed by atoms with Gasteiger partial charge in [-0.15, -0.1) is 0 Å². The molecule has 0 bridgehead atoms. The van der Waals surface area contributed by atoms with E-state index in [1.54, 1.807) is 0 Å². The maximum Gasteiger partial charge on any atom is 0.325 e. The number of hydrogen-bond donors (Lipinski definition) is 5. The van der Waals surface area contributed by atoms with Crippen molar-refractivity contribution >= 4 is 23.7 Å². The second-order valence-electron chi connectivity index (χ2n) is 6.39. The molecule has 0 aromatic carbocycles. The zero-order chi connectivity index (χ0) is 18.6. The lowest BCUT2D eigenvalue weighted by Crippen LogP contribution is -2.52. The Morgan fingerprint density at radius 2 is 2.04 bits per heavy atom. The number of nitrogens with one attached hydrogen (secondary N) is 3. The smallest absolute Gasteiger partial charge is 0.325 e. The van der Waals surface area contributed by atoms with Crippen LogP contribution in [-0.4, -0.2) is 82.7 Å². The summed E-state index contributed by atoms with van der Waals surface area (Å²) in [7, 11) is 0. The Morgan fingerprint density at radius 1 is 1.32 bits per heavy atom. The van der Waals surface area contributed by atoms with Crippen molar-refractivity contribution in [2.75, 3.05) is 19.6 Å². The summed E-state index contributed by atoms with van der Waals surface area (Å²) in [6.07, 6.45) is 0.889. The minimum absolute atomic E-state index is 0.0807. The predicted molar refractivity (Wildman–Crippen MR) is 85.4 cm³/mol. The number of carbonyl (C=O) groups excluding carboxylic acids is 3. The van der Waals surface area contributed by atoms with Crippen LogP contribution in [0, 0.1) is 0 Å². The van der Waals surface area contributed by atoms with Gasteiger partial charge in [-0.2, -0.15) is 0 Å². The van der Waals surface area contributed by atoms with Gasteiger partial charge in [0.15, 0.2) is 0 Å². The molecule has 2 aliphatic heterocycles. The fraction of sp³-hybridized carbons (Fsp3) is 0.733. The van der Waals surface area contributed by atoms with E-state index < -0.39 is 42.5 Å². The van der Waals surface area contributed by atoms with E-state index in [0.717, 1.165) is 13.0 Å². The van der Waals surface area contributed by atoms with Gasteiger partial charge >= 0.3 is 5.97 Å². The maximum absolute atomic E-state index is 12.5. The largest absolute Gasteiger partial charge is 0.480 e. The Balaban J connectivity index is 1.89. The molecular weight excluding hydrogens is 332 g/mol. The van der Waals surface area contributed by atoms with Crippen molar-refractivity contribution in [1.82, 2.24) is 20.9 Å². The number of rotatable bonds is 6. The number of aliphatic hydroxyl groups excluding tert-OH is 1. The molecule has 0 aromatic rings. The molecule has 5 N–H and O–H groups in total. The third-order valence-electron chi connectivity index (χ3n) is 4.39. The highest BCUT2D eigenvalue weighted by Gasteiger charge is 2.41. The first kappa shape index (κ1) is 19.1. The predicted octanol–water partition coefficient (Wildman–Crippen LogP) is -2.59. The Labute approximate surface area is 144 Å². The Hall–Kier alpha value is -2.20. The normalized spacial score (nSPS) is 27.0. The fourth-order valence-corrected chi connectivity index (χ4v) is 3.04. The van der Waals surface area contributed by atoms with Crippen molar-refractivity contribution in [3.05, 3.63) is 0 Å². The van der Waals surface area contributed by atoms with Crippen LogP contribution in [0.2, 0.25) is 0 Å². The summed E-state index contributed by atoms with van der Waals surface area (Å²) in [5.41, 5.74) is 0. The van der Waals surface area contributed by atoms with Crippen LogP contribution in [0.25, 0.3) is 0 Å². The first-order valence-corrected chi connectivity index (χ1v) is 8.31. The van der Waals surface area contributed by atoms with Crippen molar-refractivity contribution < 1.29 is 29.4 Å². The number of carboxylic acid groups (broad SMARTS) is 1. The number of carbonyl (C=O) groups is 4. The quantitative estimate of drug-likeness (QED) is 0.351. The molecule has 2 saturated heterocycles. The second-order valence-corrected chi connectivity index (χ2v) is 6.39. The number of aliphatic hydroxyl groups is 1. The molecule has 0 unspecified atom stereocenters. The standard InChI is InChI=1S/C15H24N4O6/c1-8(15(24)25)18-12(21)6-17-13(22)11-5-9(20)7-19(11)14(23)10-3-2-4-16-10/h8-11,16,20H,2-7H2,1H3,(H,17,22)(H,18,21)(H,24,25)/t8-,9+,10-,11-/m0/s1. The third kappa shape index (κ3) is 4.89. The fourth-order valence-electron chi connectivity index (χ4n) is 3.04. The maximum atomic E-state index is 12.5. The van der Waals surface area contributed by atoms with Crippen LogP contribution >= 0.6 is 0 Å². The van der Waals surface area contributed by atoms with E-state index in [2.05, 4.69) is 16.0 Å². The van der Waals surface area contributed by atoms with Gasteiger partial charge in [-0.05, 0) is 26.3 Å². The molecule has 0 spiro atoms. The summed E-state index contributed by atoms with van der Waals surface area (Å²) in [5.74, 6) is -2.59. The summed E-state index contributed by atoms with van der Waals surface area (Å²) in [6, 6.07) is -2.25. The number of hydrogen-bond acceptors (Lipinski definition) is 6. The monoisotopic (exact) mass is 356 g/mol. The molecule has 2 fully saturated rings. The molecule has 2 heterocycles. The second kappa shape index (κ2) is 8.26. The van der Waals surface area contributed by atoms with Gasteiger partial charge in [-0.1, -0.05) is 0 Å². The van der Waals surface area contributed by atoms with Gasteiger partial charge in [-0.25, -0.2) is 0 Å². The van der Waals surface area contributed by atoms with Crippen molar-refractivity contribution in [1.29, 1.82) is 0 Å². The number of aliphatic carboxylic acids is 1. The van der Waals surface area contributed by atoms with Crippen LogP contribution in [0.1, 0.15) is 26.2 Å². The summed E-state index contributed by atoms with van der Waals surface area (Å²) in [6.45, 7) is 1.74. The van der Waals surface area contributed by atoms with E-state index in [-0.39, 0.29) is 24.9 Å². The number of β-amino-alcohol motifs (C(OH)–C–C–N with tert-alkyl or cyclic N) is 1. The molecule has 10 heteroatoms. The molecular formula is C15H24N4O6. The van der Waals surface area contributed by atoms with Crippen LogP contribution in [0.3, 0.4) is 0 Å². The average Bonchev–Trinajstić information content (AvgIpc) is 3.21. The van der Waals surface area contributed by atoms with Gasteiger partial charge in [0.2, 0.25) is 17.7 Å². The van der Waals surface area contributed by atoms with Gasteiger partial charge in [0.1, 0.15) is 12.1 Å². The minimum atomic E-state index is -1.18. The van der Waals surface area contributed by atoms with Crippen molar-refractivity contribution in [3.8, 4) is 0 Å². The molecule has 0 aliphatic carbocycles. The lowest BCUT2D eigenvalue weighted by atomic mass is 10.1. The van der Waals surface area contributed by atoms with E-state index in [1.165, 1.54) is 11.8 Å². The van der Waals surface area contributed by atoms with Crippen LogP contribution in [0.4, 0.5) is 0 Å². The first-order valence-electron chi connectivity index (χ1n) is 8.31. The lowest BCUT2D eigenvalue weighted by molar-refractivity contribution is -0.141. The highest BCUT2D eigenvalue weighted by molar-refractivity contribution is 5.93. The summed E-state index contributed by atoms with van der Waals surface area (Å²) < 4.78 is 0. The van der Waals surface area contributed by atoms with Gasteiger partial charge < -0.3 is 31.1 Å². The van der Waals surface area contributed by atoms with E-state index in [4.69, 9.17) is 5.11 Å². The highest BCUT2D eigenvalue weighted by Crippen LogP contribution is 2.21. The van der Waals surface area contributed by atoms with Crippen LogP contribution < -0.4 is 16.0 Å². The van der Waals surface area contributed by atoms with Crippen molar-refractivity contribution in [3.63, 3.8) is 0 Å². The summed E-state index contributed by atoms with van der Waals surface area (Å²) in [4.78, 5) is 48.5. The lowest BCUT2D eigenvalue weighted by Gasteiger charge is -2.26. The van der Waals surface area contributed by atoms with Crippen LogP contribution in [-0.2, 0) is 19.2 Å². The Kier molecular flexibility index (Phi) is 6.32. The van der Waals surface area contributed by atoms with E-state index >= 15 is 0 Å². The number of carboxylic acids is 1. The molecule has 0 aromatic heterocycles. The van der Waals surface area contributed by atoms with E-state index in [0.29, 0.717) is 6.42 Å². The van der Waals surface area contributed by atoms with Crippen molar-refractivity contribution in [2.45, 2.75) is 50.4 Å². The van der Waals surface area contributed by atoms with Gasteiger partial charge in [0.05, 0.1) is 18.7 Å². The third-order valence-corrected chi connectivity index (χ3v) is 4.39. The molecule has 2 aliphatic rings. The molecule has 25 heavy (non-hydrogen) atoms. The Morgan fingerprint density at radius 3 is 2.64 bits per heavy atom. The molecule has 0 saturated carbocycles. The minimum Gasteiger partial charge on any atom is -0.480 e. The van der Waals surface area contributed by atoms with Gasteiger partial charge in [0, 0.05) is 13.0 Å². The summed E-state index contributed by atoms with van der Waals surface area (Å²) in [5, 5.41) is 26.2. The zero-order valence-electron chi connectivity index (χ0n) is 14.0. The number of likely N-dealkylation sites (tertiary alicyclic amines) is 1. The van der Waals surface area contributed by atoms with Crippen LogP contribution in [0.15, 0.2) is 0 Å². The van der Waals surface area contributed by atoms with Gasteiger partial charge in [0.25, 0.3) is 0 Å². The SMILES string of the molecule is C[C@H](NC(=O)CNC(=O)[C@@H]1C[C@@H](O)CN1C(=O)[C@@H]1CCCN1)C(=O)O. The number of nitrogens with zero attached hydrogens (tertiary/aromatic N) is 1. The molecule has 3 amide bonds. The molecule has 140 valence electrons. The summed E-state index contributed by atoms with van der Waals surface area (Å²) >= 11 is 0. The van der Waals surface area contributed by atoms with Gasteiger partial charge in [-0.3, -0.25) is 19.2 Å². The molecule has 2 rings (SSSR count). The topological polar surface area (TPSA) is 148 Å². The van der Waals surface area contributed by atoms with E-state index in [9.17, 15) is 24.3 Å². The van der Waals surface area contributed by atoms with Crippen molar-refractivity contribution in [2.24, 2.45) is 0 Å². The average molecular weight is 356 g/mol. The Bertz CT molecular complexity index is 548. The molecule has 4 atom stereocenters. The zero-order valence-corrected chi connectivity index (χ0v) is 14.0. The van der Waals surface area contributed by atoms with E-state index in [1.807, 2.05) is 0 Å². The molecule has 0 radical (unpaired) electrons. The number of amides is 3.